The van der Waals surface area contributed by atoms with Crippen LogP contribution in [-0.2, 0) is 0 Å². The van der Waals surface area contributed by atoms with Gasteiger partial charge in [0.15, 0.2) is 0 Å². The second kappa shape index (κ2) is 8.86. The van der Waals surface area contributed by atoms with Gasteiger partial charge < -0.3 is 22.1 Å². The molecule has 4 nitrogen and oxygen atoms in total. The molecular weight excluding hydrogens is 212 g/mol. The predicted molar refractivity (Wildman–Crippen MR) is 73.7 cm³/mol. The monoisotopic (exact) mass is 242 g/mol. The molecule has 1 saturated carbocycles. The Hall–Kier alpha value is -0.160. The highest BCUT2D eigenvalue weighted by Gasteiger charge is 2.36. The van der Waals surface area contributed by atoms with Crippen LogP contribution in [-0.4, -0.2) is 44.2 Å². The van der Waals surface area contributed by atoms with E-state index in [1.165, 1.54) is 32.4 Å². The molecule has 102 valence electrons. The van der Waals surface area contributed by atoms with Crippen LogP contribution < -0.4 is 17.2 Å². The molecular formula is C13H30N4. The van der Waals surface area contributed by atoms with Crippen LogP contribution in [0.4, 0.5) is 0 Å². The Morgan fingerprint density at radius 3 is 2.18 bits per heavy atom. The summed E-state index contributed by atoms with van der Waals surface area (Å²) in [7, 11) is 0. The van der Waals surface area contributed by atoms with Gasteiger partial charge in [-0.3, -0.25) is 0 Å². The van der Waals surface area contributed by atoms with Crippen molar-refractivity contribution in [2.24, 2.45) is 29.0 Å². The van der Waals surface area contributed by atoms with Gasteiger partial charge in [-0.2, -0.15) is 0 Å². The second-order valence-corrected chi connectivity index (χ2v) is 5.27. The molecule has 0 aliphatic heterocycles. The van der Waals surface area contributed by atoms with Crippen LogP contribution in [0.1, 0.15) is 32.1 Å². The Balaban J connectivity index is 2.16. The molecule has 17 heavy (non-hydrogen) atoms. The first kappa shape index (κ1) is 14.9. The quantitative estimate of drug-likeness (QED) is 0.457. The van der Waals surface area contributed by atoms with E-state index in [1.54, 1.807) is 0 Å². The standard InChI is InChI=1S/C13H30N4/c14-5-1-2-8-17(9-3-6-15)11-13-10-12(13)4-7-16/h12-13H,1-11,14-16H2. The summed E-state index contributed by atoms with van der Waals surface area (Å²) in [6.45, 7) is 6.02. The number of hydrogen-bond acceptors (Lipinski definition) is 4. The lowest BCUT2D eigenvalue weighted by molar-refractivity contribution is 0.251. The van der Waals surface area contributed by atoms with Crippen molar-refractivity contribution < 1.29 is 0 Å². The minimum absolute atomic E-state index is 0.796. The highest BCUT2D eigenvalue weighted by Crippen LogP contribution is 2.41. The highest BCUT2D eigenvalue weighted by molar-refractivity contribution is 4.88. The van der Waals surface area contributed by atoms with Crippen molar-refractivity contribution >= 4 is 0 Å². The Labute approximate surface area is 106 Å². The zero-order valence-corrected chi connectivity index (χ0v) is 11.1. The van der Waals surface area contributed by atoms with Crippen molar-refractivity contribution in [3.8, 4) is 0 Å². The summed E-state index contributed by atoms with van der Waals surface area (Å²) in [6.07, 6.45) is 6.05. The predicted octanol–water partition coefficient (Wildman–Crippen LogP) is 0.361. The van der Waals surface area contributed by atoms with E-state index in [4.69, 9.17) is 17.2 Å². The normalized spacial score (nSPS) is 23.3. The number of hydrogen-bond donors (Lipinski definition) is 3. The van der Waals surface area contributed by atoms with Gasteiger partial charge in [0, 0.05) is 6.54 Å². The van der Waals surface area contributed by atoms with Gasteiger partial charge >= 0.3 is 0 Å². The smallest absolute Gasteiger partial charge is 0.00124 e. The molecule has 0 aromatic heterocycles. The average Bonchev–Trinajstić information content (AvgIpc) is 3.05. The van der Waals surface area contributed by atoms with E-state index < -0.39 is 0 Å². The second-order valence-electron chi connectivity index (χ2n) is 5.27. The van der Waals surface area contributed by atoms with E-state index in [2.05, 4.69) is 4.90 Å². The lowest BCUT2D eigenvalue weighted by Crippen LogP contribution is -2.30. The third-order valence-corrected chi connectivity index (χ3v) is 3.71. The molecule has 4 heteroatoms. The summed E-state index contributed by atoms with van der Waals surface area (Å²) >= 11 is 0. The first-order valence-corrected chi connectivity index (χ1v) is 7.14. The molecule has 1 fully saturated rings. The Kier molecular flexibility index (Phi) is 7.77. The number of rotatable bonds is 11. The lowest BCUT2D eigenvalue weighted by atomic mass is 10.2. The zero-order valence-electron chi connectivity index (χ0n) is 11.1. The van der Waals surface area contributed by atoms with Crippen molar-refractivity contribution in [2.45, 2.75) is 32.1 Å². The van der Waals surface area contributed by atoms with E-state index in [0.29, 0.717) is 0 Å². The topological polar surface area (TPSA) is 81.3 Å². The molecule has 0 amide bonds. The Bertz CT molecular complexity index is 186. The van der Waals surface area contributed by atoms with Gasteiger partial charge in [0.1, 0.15) is 0 Å². The SMILES string of the molecule is NCCCCN(CCCN)CC1CC1CCN. The molecule has 2 atom stereocenters. The summed E-state index contributed by atoms with van der Waals surface area (Å²) in [4.78, 5) is 2.57. The van der Waals surface area contributed by atoms with Crippen molar-refractivity contribution in [2.75, 3.05) is 39.3 Å². The van der Waals surface area contributed by atoms with Crippen LogP contribution in [0.5, 0.6) is 0 Å². The average molecular weight is 242 g/mol. The molecule has 1 aliphatic carbocycles. The summed E-state index contributed by atoms with van der Waals surface area (Å²) in [5, 5.41) is 0. The van der Waals surface area contributed by atoms with Gasteiger partial charge in [0.25, 0.3) is 0 Å². The minimum Gasteiger partial charge on any atom is -0.330 e. The highest BCUT2D eigenvalue weighted by atomic mass is 15.1. The minimum atomic E-state index is 0.796. The first-order chi connectivity index (χ1) is 8.31. The van der Waals surface area contributed by atoms with E-state index in [9.17, 15) is 0 Å². The summed E-state index contributed by atoms with van der Waals surface area (Å²) < 4.78 is 0. The van der Waals surface area contributed by atoms with E-state index in [1.807, 2.05) is 0 Å². The molecule has 0 saturated heterocycles. The summed E-state index contributed by atoms with van der Waals surface area (Å²) in [5.74, 6) is 1.80. The van der Waals surface area contributed by atoms with Crippen LogP contribution in [0.2, 0.25) is 0 Å². The molecule has 0 spiro atoms. The van der Waals surface area contributed by atoms with Gasteiger partial charge in [-0.25, -0.2) is 0 Å². The van der Waals surface area contributed by atoms with Crippen LogP contribution >= 0.6 is 0 Å². The summed E-state index contributed by atoms with van der Waals surface area (Å²) in [5.41, 5.74) is 16.7. The van der Waals surface area contributed by atoms with E-state index in [-0.39, 0.29) is 0 Å². The van der Waals surface area contributed by atoms with E-state index >= 15 is 0 Å². The molecule has 0 aromatic rings. The van der Waals surface area contributed by atoms with Crippen LogP contribution in [0.3, 0.4) is 0 Å². The molecule has 0 bridgehead atoms. The van der Waals surface area contributed by atoms with Crippen molar-refractivity contribution in [1.82, 2.24) is 4.90 Å². The molecule has 0 aromatic carbocycles. The molecule has 0 heterocycles. The zero-order chi connectivity index (χ0) is 12.5. The van der Waals surface area contributed by atoms with Gasteiger partial charge in [-0.15, -0.1) is 0 Å². The number of nitrogens with zero attached hydrogens (tertiary/aromatic N) is 1. The third kappa shape index (κ3) is 6.36. The Morgan fingerprint density at radius 1 is 0.824 bits per heavy atom. The number of unbranched alkanes of at least 4 members (excludes halogenated alkanes) is 1. The number of nitrogens with two attached hydrogens (primary N) is 3. The van der Waals surface area contributed by atoms with Gasteiger partial charge in [0.05, 0.1) is 0 Å². The largest absolute Gasteiger partial charge is 0.330 e. The fourth-order valence-electron chi connectivity index (χ4n) is 2.52. The fourth-order valence-corrected chi connectivity index (χ4v) is 2.52. The van der Waals surface area contributed by atoms with Crippen molar-refractivity contribution in [1.29, 1.82) is 0 Å². The van der Waals surface area contributed by atoms with Gasteiger partial charge in [0.2, 0.25) is 0 Å². The maximum absolute atomic E-state index is 5.60. The molecule has 6 N–H and O–H groups in total. The van der Waals surface area contributed by atoms with Crippen LogP contribution in [0.15, 0.2) is 0 Å². The summed E-state index contributed by atoms with van der Waals surface area (Å²) in [6, 6.07) is 0. The first-order valence-electron chi connectivity index (χ1n) is 7.14. The van der Waals surface area contributed by atoms with Crippen molar-refractivity contribution in [3.63, 3.8) is 0 Å². The van der Waals surface area contributed by atoms with Crippen LogP contribution in [0.25, 0.3) is 0 Å². The molecule has 1 aliphatic rings. The van der Waals surface area contributed by atoms with E-state index in [0.717, 1.165) is 50.9 Å². The Morgan fingerprint density at radius 2 is 1.53 bits per heavy atom. The maximum Gasteiger partial charge on any atom is 0.00124 e. The van der Waals surface area contributed by atoms with Crippen molar-refractivity contribution in [3.05, 3.63) is 0 Å². The fraction of sp³-hybridized carbons (Fsp3) is 1.00. The molecule has 2 unspecified atom stereocenters. The maximum atomic E-state index is 5.60. The lowest BCUT2D eigenvalue weighted by Gasteiger charge is -2.22. The third-order valence-electron chi connectivity index (χ3n) is 3.71. The van der Waals surface area contributed by atoms with Crippen LogP contribution in [0, 0.1) is 11.8 Å². The molecule has 0 radical (unpaired) electrons. The van der Waals surface area contributed by atoms with Gasteiger partial charge in [-0.05, 0) is 76.7 Å². The van der Waals surface area contributed by atoms with Gasteiger partial charge in [-0.1, -0.05) is 0 Å². The molecule has 1 rings (SSSR count).